The summed E-state index contributed by atoms with van der Waals surface area (Å²) in [5.41, 5.74) is 2.81. The molecule has 100 valence electrons. The second kappa shape index (κ2) is 6.79. The van der Waals surface area contributed by atoms with Crippen molar-refractivity contribution in [1.82, 2.24) is 0 Å². The first-order valence-electron chi connectivity index (χ1n) is 7.50. The number of benzene rings is 1. The zero-order chi connectivity index (χ0) is 12.8. The largest absolute Gasteiger partial charge is 0.372 e. The van der Waals surface area contributed by atoms with Crippen LogP contribution in [-0.2, 0) is 6.54 Å². The summed E-state index contributed by atoms with van der Waals surface area (Å²) in [7, 11) is 0. The van der Waals surface area contributed by atoms with Gasteiger partial charge >= 0.3 is 0 Å². The number of anilines is 1. The Labute approximate surface area is 111 Å². The summed E-state index contributed by atoms with van der Waals surface area (Å²) in [5.74, 6) is 0. The summed E-state index contributed by atoms with van der Waals surface area (Å²) < 4.78 is 0. The zero-order valence-corrected chi connectivity index (χ0v) is 11.9. The second-order valence-electron chi connectivity index (χ2n) is 5.32. The lowest BCUT2D eigenvalue weighted by atomic mass is 10.1. The second-order valence-corrected chi connectivity index (χ2v) is 5.32. The third kappa shape index (κ3) is 3.49. The predicted octanol–water partition coefficient (Wildman–Crippen LogP) is 2.54. The van der Waals surface area contributed by atoms with Gasteiger partial charge in [-0.2, -0.15) is 0 Å². The van der Waals surface area contributed by atoms with Gasteiger partial charge in [-0.1, -0.05) is 12.1 Å². The van der Waals surface area contributed by atoms with Crippen molar-refractivity contribution in [3.63, 3.8) is 0 Å². The molecule has 2 N–H and O–H groups in total. The molecule has 0 bridgehead atoms. The van der Waals surface area contributed by atoms with E-state index in [2.05, 4.69) is 48.3 Å². The van der Waals surface area contributed by atoms with Crippen molar-refractivity contribution >= 4 is 5.69 Å². The molecule has 0 amide bonds. The highest BCUT2D eigenvalue weighted by Gasteiger charge is 2.17. The van der Waals surface area contributed by atoms with Crippen LogP contribution < -0.4 is 10.2 Å². The van der Waals surface area contributed by atoms with Crippen LogP contribution in [0.15, 0.2) is 24.3 Å². The summed E-state index contributed by atoms with van der Waals surface area (Å²) in [4.78, 5) is 2.39. The molecular weight excluding hydrogens is 220 g/mol. The van der Waals surface area contributed by atoms with E-state index in [0.29, 0.717) is 0 Å². The van der Waals surface area contributed by atoms with E-state index >= 15 is 0 Å². The number of quaternary nitrogens is 1. The highest BCUT2D eigenvalue weighted by Crippen LogP contribution is 2.16. The maximum absolute atomic E-state index is 2.53. The number of hydrogen-bond acceptors (Lipinski definition) is 1. The van der Waals surface area contributed by atoms with Gasteiger partial charge in [-0.3, -0.25) is 0 Å². The first-order valence-corrected chi connectivity index (χ1v) is 7.50. The van der Waals surface area contributed by atoms with Crippen molar-refractivity contribution in [1.29, 1.82) is 0 Å². The highest BCUT2D eigenvalue weighted by atomic mass is 15.1. The highest BCUT2D eigenvalue weighted by molar-refractivity contribution is 5.47. The van der Waals surface area contributed by atoms with Crippen molar-refractivity contribution in [3.05, 3.63) is 29.8 Å². The maximum atomic E-state index is 2.53. The topological polar surface area (TPSA) is 19.9 Å². The molecule has 0 radical (unpaired) electrons. The quantitative estimate of drug-likeness (QED) is 0.819. The molecule has 2 nitrogen and oxygen atoms in total. The minimum Gasteiger partial charge on any atom is -0.372 e. The minimum atomic E-state index is 0.882. The van der Waals surface area contributed by atoms with Crippen molar-refractivity contribution in [2.75, 3.05) is 18.0 Å². The number of rotatable bonds is 6. The molecule has 1 aliphatic rings. The molecule has 0 spiro atoms. The molecule has 0 unspecified atom stereocenters. The molecule has 0 aliphatic heterocycles. The number of nitrogens with zero attached hydrogens (tertiary/aromatic N) is 1. The first kappa shape index (κ1) is 13.4. The average Bonchev–Trinajstić information content (AvgIpc) is 2.92. The Bertz CT molecular complexity index is 335. The molecule has 0 heterocycles. The molecule has 1 aliphatic carbocycles. The van der Waals surface area contributed by atoms with E-state index in [1.807, 2.05) is 0 Å². The van der Waals surface area contributed by atoms with Gasteiger partial charge in [0, 0.05) is 24.3 Å². The Morgan fingerprint density at radius 1 is 1.06 bits per heavy atom. The lowest BCUT2D eigenvalue weighted by molar-refractivity contribution is -0.703. The van der Waals surface area contributed by atoms with E-state index in [1.165, 1.54) is 36.9 Å². The van der Waals surface area contributed by atoms with Crippen LogP contribution in [0.2, 0.25) is 0 Å². The van der Waals surface area contributed by atoms with E-state index in [4.69, 9.17) is 0 Å². The minimum absolute atomic E-state index is 0.882. The van der Waals surface area contributed by atoms with Gasteiger partial charge in [-0.05, 0) is 51.7 Å². The van der Waals surface area contributed by atoms with E-state index in [1.54, 1.807) is 0 Å². The van der Waals surface area contributed by atoms with Crippen molar-refractivity contribution in [2.24, 2.45) is 0 Å². The molecule has 2 heteroatoms. The zero-order valence-electron chi connectivity index (χ0n) is 11.9. The Kier molecular flexibility index (Phi) is 5.06. The fourth-order valence-electron chi connectivity index (χ4n) is 2.93. The van der Waals surface area contributed by atoms with Crippen LogP contribution >= 0.6 is 0 Å². The van der Waals surface area contributed by atoms with Crippen LogP contribution in [0.5, 0.6) is 0 Å². The molecule has 0 saturated heterocycles. The molecule has 1 saturated carbocycles. The van der Waals surface area contributed by atoms with Crippen LogP contribution in [-0.4, -0.2) is 19.1 Å². The predicted molar refractivity (Wildman–Crippen MR) is 77.9 cm³/mol. The first-order chi connectivity index (χ1) is 8.83. The molecule has 1 fully saturated rings. The summed E-state index contributed by atoms with van der Waals surface area (Å²) in [6.07, 6.45) is 5.69. The van der Waals surface area contributed by atoms with Gasteiger partial charge in [-0.25, -0.2) is 0 Å². The van der Waals surface area contributed by atoms with Gasteiger partial charge in [0.15, 0.2) is 0 Å². The Morgan fingerprint density at radius 3 is 2.22 bits per heavy atom. The summed E-state index contributed by atoms with van der Waals surface area (Å²) >= 11 is 0. The normalized spacial score (nSPS) is 16.1. The van der Waals surface area contributed by atoms with Gasteiger partial charge in [0.05, 0.1) is 6.04 Å². The van der Waals surface area contributed by atoms with E-state index in [-0.39, 0.29) is 0 Å². The van der Waals surface area contributed by atoms with Crippen LogP contribution in [0.4, 0.5) is 5.69 Å². The molecule has 1 aromatic carbocycles. The van der Waals surface area contributed by atoms with Crippen molar-refractivity contribution in [2.45, 2.75) is 52.1 Å². The van der Waals surface area contributed by atoms with Gasteiger partial charge in [-0.15, -0.1) is 0 Å². The van der Waals surface area contributed by atoms with Crippen LogP contribution in [0.25, 0.3) is 0 Å². The molecule has 0 atom stereocenters. The van der Waals surface area contributed by atoms with Crippen molar-refractivity contribution < 1.29 is 5.32 Å². The standard InChI is InChI=1S/C16H26N2/c1-3-18(4-2)16-11-9-14(10-12-16)13-17-15-7-5-6-8-15/h9-12,15,17H,3-8,13H2,1-2H3/p+1. The van der Waals surface area contributed by atoms with Gasteiger partial charge in [0.1, 0.15) is 6.54 Å². The summed E-state index contributed by atoms with van der Waals surface area (Å²) in [5, 5.41) is 2.53. The molecule has 1 aromatic rings. The SMILES string of the molecule is CCN(CC)c1ccc(C[NH2+]C2CCCC2)cc1. The molecular formula is C16H27N2+. The molecule has 2 rings (SSSR count). The fourth-order valence-corrected chi connectivity index (χ4v) is 2.93. The number of hydrogen-bond donors (Lipinski definition) is 1. The smallest absolute Gasteiger partial charge is 0.101 e. The Balaban J connectivity index is 1.86. The Morgan fingerprint density at radius 2 is 1.67 bits per heavy atom. The van der Waals surface area contributed by atoms with Gasteiger partial charge < -0.3 is 10.2 Å². The van der Waals surface area contributed by atoms with Gasteiger partial charge in [0.25, 0.3) is 0 Å². The molecule has 0 aromatic heterocycles. The lowest BCUT2D eigenvalue weighted by Crippen LogP contribution is -2.87. The average molecular weight is 247 g/mol. The third-order valence-electron chi connectivity index (χ3n) is 4.15. The van der Waals surface area contributed by atoms with Crippen LogP contribution in [0.1, 0.15) is 45.1 Å². The van der Waals surface area contributed by atoms with Crippen LogP contribution in [0.3, 0.4) is 0 Å². The number of nitrogens with two attached hydrogens (primary N) is 1. The van der Waals surface area contributed by atoms with Crippen LogP contribution in [0, 0.1) is 0 Å². The van der Waals surface area contributed by atoms with Crippen molar-refractivity contribution in [3.8, 4) is 0 Å². The molecule has 18 heavy (non-hydrogen) atoms. The van der Waals surface area contributed by atoms with E-state index in [9.17, 15) is 0 Å². The Hall–Kier alpha value is -1.02. The van der Waals surface area contributed by atoms with E-state index < -0.39 is 0 Å². The lowest BCUT2D eigenvalue weighted by Gasteiger charge is -2.21. The van der Waals surface area contributed by atoms with E-state index in [0.717, 1.165) is 25.7 Å². The summed E-state index contributed by atoms with van der Waals surface area (Å²) in [6, 6.07) is 10.0. The maximum Gasteiger partial charge on any atom is 0.101 e. The third-order valence-corrected chi connectivity index (χ3v) is 4.15. The monoisotopic (exact) mass is 247 g/mol. The summed E-state index contributed by atoms with van der Waals surface area (Å²) in [6.45, 7) is 7.74. The fraction of sp³-hybridized carbons (Fsp3) is 0.625. The van der Waals surface area contributed by atoms with Gasteiger partial charge in [0.2, 0.25) is 0 Å².